The molecule has 0 aromatic heterocycles. The van der Waals surface area contributed by atoms with Crippen LogP contribution in [0.3, 0.4) is 0 Å². The van der Waals surface area contributed by atoms with Gasteiger partial charge in [-0.3, -0.25) is 0 Å². The molecular formula is C42H66O33. The third-order valence-electron chi connectivity index (χ3n) is 15.3. The molecule has 0 saturated carbocycles. The number of hydrogen-bond donors (Lipinski definition) is 17. The summed E-state index contributed by atoms with van der Waals surface area (Å²) < 4.78 is 92.2. The van der Waals surface area contributed by atoms with E-state index in [9.17, 15) is 86.8 Å². The van der Waals surface area contributed by atoms with Crippen LogP contribution in [0.15, 0.2) is 0 Å². The molecule has 0 radical (unpaired) electrons. The molecule has 0 aromatic carbocycles. The van der Waals surface area contributed by atoms with Gasteiger partial charge in [-0.15, -0.1) is 0 Å². The molecule has 33 nitrogen and oxygen atoms in total. The van der Waals surface area contributed by atoms with Gasteiger partial charge >= 0.3 is 0 Å². The van der Waals surface area contributed by atoms with E-state index in [0.29, 0.717) is 0 Å². The fraction of sp³-hybridized carbons (Fsp3) is 1.00. The molecule has 10 aliphatic heterocycles. The standard InChI is InChI=1S/C42H66O33/c43-1-8-15(47)19(51)20(52)37(64-8)70-27-12-5-60-33(27)25(57)41(68-12)74-31-17(49)10(3-45)66-39(22(31)54)72-29-14-7-62-35(29)26(58)42(69-14)75-32-18(50)11(4-46)65-38(23(32)55)71-28-13-6-61-34(28)24(56)40(67-13)73-30-16(48)9(2-44)63-36(59)21(30)53/h8-59H,1-7H2/t8-,9-,10-,11-,12+,13+,14+,15+,16+,17+,18+,19+,20-,21-,22-,23-,24+,25+,26+,27-,28-,29-,30+,31+,32+,33+,34+,35+,36-,37+,38+,39+,40+,41+,42+/m1/s1. The van der Waals surface area contributed by atoms with Gasteiger partial charge in [-0.1, -0.05) is 0 Å². The lowest BCUT2D eigenvalue weighted by Gasteiger charge is -2.48. The topological polar surface area (TPSA) is 492 Å². The van der Waals surface area contributed by atoms with Crippen molar-refractivity contribution in [2.75, 3.05) is 46.2 Å². The van der Waals surface area contributed by atoms with Crippen molar-refractivity contribution < 1.29 is 163 Å². The Hall–Kier alpha value is -1.32. The van der Waals surface area contributed by atoms with E-state index in [1.165, 1.54) is 0 Å². The molecule has 10 heterocycles. The van der Waals surface area contributed by atoms with Crippen molar-refractivity contribution >= 4 is 0 Å². The van der Waals surface area contributed by atoms with Crippen LogP contribution in [0.2, 0.25) is 0 Å². The lowest BCUT2D eigenvalue weighted by atomic mass is 9.96. The van der Waals surface area contributed by atoms with Crippen LogP contribution < -0.4 is 0 Å². The highest BCUT2D eigenvalue weighted by molar-refractivity contribution is 5.04. The number of fused-ring (bicyclic) bond motifs is 6. The minimum absolute atomic E-state index is 0.192. The molecule has 75 heavy (non-hydrogen) atoms. The van der Waals surface area contributed by atoms with Crippen molar-refractivity contribution in [1.82, 2.24) is 0 Å². The highest BCUT2D eigenvalue weighted by Crippen LogP contribution is 2.42. The van der Waals surface area contributed by atoms with Crippen LogP contribution in [0.4, 0.5) is 0 Å². The van der Waals surface area contributed by atoms with E-state index in [2.05, 4.69) is 0 Å². The number of aliphatic hydroxyl groups is 17. The van der Waals surface area contributed by atoms with Gasteiger partial charge < -0.3 is 163 Å². The SMILES string of the molecule is OC[C@H]1O[C@@H](O[C@H]2[C@H]3OC[C@@H]2O[C@@H](O[C@H]2[C@@H](O)[C@@H](CO)O[C@@H](O[C@H]4[C@H]5OC[C@@H]4O[C@@H](O[C@H]4[C@@H](O)[C@@H](CO)O[C@@H](O[C@H]6[C@H]7OC[C@@H]6O[C@@H](O[C@@H]6[C@@H](O)[C@H](O)O[C@H](CO)[C@@H]6O)[C@H]7O)[C@@H]4O)[C@H]5O)[C@@H]2O)[C@H]3O)[C@H](O)[C@@H](O)[C@H]1O. The zero-order valence-corrected chi connectivity index (χ0v) is 39.3. The summed E-state index contributed by atoms with van der Waals surface area (Å²) in [6, 6.07) is 0. The molecule has 0 amide bonds. The third-order valence-corrected chi connectivity index (χ3v) is 15.3. The summed E-state index contributed by atoms with van der Waals surface area (Å²) in [5, 5.41) is 181. The van der Waals surface area contributed by atoms with E-state index < -0.39 is 241 Å². The maximum atomic E-state index is 11.6. The Balaban J connectivity index is 0.757. The predicted octanol–water partition coefficient (Wildman–Crippen LogP) is -13.1. The summed E-state index contributed by atoms with van der Waals surface area (Å²) in [6.07, 6.45) is -54.6. The summed E-state index contributed by atoms with van der Waals surface area (Å²) in [7, 11) is 0. The third kappa shape index (κ3) is 10.5. The van der Waals surface area contributed by atoms with Gasteiger partial charge in [-0.2, -0.15) is 0 Å². The molecule has 10 fully saturated rings. The van der Waals surface area contributed by atoms with Gasteiger partial charge in [-0.25, -0.2) is 0 Å². The number of rotatable bonds is 16. The molecule has 0 aliphatic carbocycles. The van der Waals surface area contributed by atoms with E-state index in [-0.39, 0.29) is 19.8 Å². The summed E-state index contributed by atoms with van der Waals surface area (Å²) in [4.78, 5) is 0. The minimum atomic E-state index is -1.92. The lowest BCUT2D eigenvalue weighted by molar-refractivity contribution is -0.382. The molecule has 10 aliphatic rings. The van der Waals surface area contributed by atoms with Crippen molar-refractivity contribution in [2.24, 2.45) is 0 Å². The first kappa shape index (κ1) is 56.9. The second-order valence-corrected chi connectivity index (χ2v) is 19.9. The Morgan fingerprint density at radius 1 is 0.267 bits per heavy atom. The van der Waals surface area contributed by atoms with Gasteiger partial charge in [0.2, 0.25) is 0 Å². The highest BCUT2D eigenvalue weighted by Gasteiger charge is 2.62. The molecule has 432 valence electrons. The summed E-state index contributed by atoms with van der Waals surface area (Å²) in [6.45, 7) is -3.82. The van der Waals surface area contributed by atoms with E-state index in [4.69, 9.17) is 75.8 Å². The van der Waals surface area contributed by atoms with Crippen LogP contribution in [0, 0.1) is 0 Å². The molecule has 10 rings (SSSR count). The van der Waals surface area contributed by atoms with E-state index >= 15 is 0 Å². The monoisotopic (exact) mass is 1100 g/mol. The quantitative estimate of drug-likeness (QED) is 0.0682. The van der Waals surface area contributed by atoms with Gasteiger partial charge in [0.1, 0.15) is 171 Å². The molecule has 17 N–H and O–H groups in total. The number of ether oxygens (including phenoxy) is 16. The normalized spacial score (nSPS) is 56.8. The van der Waals surface area contributed by atoms with Gasteiger partial charge in [0.25, 0.3) is 0 Å². The summed E-state index contributed by atoms with van der Waals surface area (Å²) in [5.41, 5.74) is 0. The Morgan fingerprint density at radius 3 is 0.893 bits per heavy atom. The van der Waals surface area contributed by atoms with E-state index in [1.54, 1.807) is 0 Å². The first-order valence-electron chi connectivity index (χ1n) is 24.5. The zero-order valence-electron chi connectivity index (χ0n) is 39.3. The average molecular weight is 1100 g/mol. The average Bonchev–Trinajstić information content (AvgIpc) is 4.03. The van der Waals surface area contributed by atoms with Crippen LogP contribution in [0.25, 0.3) is 0 Å². The summed E-state index contributed by atoms with van der Waals surface area (Å²) >= 11 is 0. The molecule has 6 bridgehead atoms. The molecular weight excluding hydrogens is 1030 g/mol. The Kier molecular flexibility index (Phi) is 17.7. The van der Waals surface area contributed by atoms with Crippen LogP contribution in [-0.2, 0) is 75.8 Å². The van der Waals surface area contributed by atoms with Crippen LogP contribution >= 0.6 is 0 Å². The predicted molar refractivity (Wildman–Crippen MR) is 222 cm³/mol. The largest absolute Gasteiger partial charge is 0.394 e. The van der Waals surface area contributed by atoms with Crippen molar-refractivity contribution in [3.05, 3.63) is 0 Å². The zero-order chi connectivity index (χ0) is 53.5. The maximum Gasteiger partial charge on any atom is 0.187 e. The number of hydrogen-bond acceptors (Lipinski definition) is 33. The maximum absolute atomic E-state index is 11.6. The number of aliphatic hydroxyl groups excluding tert-OH is 17. The first-order chi connectivity index (χ1) is 35.9. The molecule has 0 spiro atoms. The lowest BCUT2D eigenvalue weighted by Crippen LogP contribution is -2.66. The fourth-order valence-electron chi connectivity index (χ4n) is 11.1. The van der Waals surface area contributed by atoms with Gasteiger partial charge in [0.05, 0.1) is 46.2 Å². The molecule has 10 saturated heterocycles. The van der Waals surface area contributed by atoms with Crippen LogP contribution in [0.5, 0.6) is 0 Å². The van der Waals surface area contributed by atoms with Crippen molar-refractivity contribution in [1.29, 1.82) is 0 Å². The van der Waals surface area contributed by atoms with E-state index in [1.807, 2.05) is 0 Å². The first-order valence-corrected chi connectivity index (χ1v) is 24.5. The second-order valence-electron chi connectivity index (χ2n) is 19.9. The smallest absolute Gasteiger partial charge is 0.187 e. The van der Waals surface area contributed by atoms with Crippen LogP contribution in [0.1, 0.15) is 0 Å². The van der Waals surface area contributed by atoms with Crippen molar-refractivity contribution in [3.8, 4) is 0 Å². The van der Waals surface area contributed by atoms with Crippen molar-refractivity contribution in [3.63, 3.8) is 0 Å². The van der Waals surface area contributed by atoms with Crippen molar-refractivity contribution in [2.45, 2.75) is 215 Å². The fourth-order valence-corrected chi connectivity index (χ4v) is 11.1. The molecule has 33 heteroatoms. The Morgan fingerprint density at radius 2 is 0.547 bits per heavy atom. The Bertz CT molecular complexity index is 1860. The summed E-state index contributed by atoms with van der Waals surface area (Å²) in [5.74, 6) is 0. The van der Waals surface area contributed by atoms with E-state index in [0.717, 1.165) is 0 Å². The van der Waals surface area contributed by atoms with Gasteiger partial charge in [-0.05, 0) is 0 Å². The molecule has 35 atom stereocenters. The molecule has 0 aromatic rings. The van der Waals surface area contributed by atoms with Gasteiger partial charge in [0, 0.05) is 0 Å². The second kappa shape index (κ2) is 23.3. The Labute approximate surface area is 423 Å². The minimum Gasteiger partial charge on any atom is -0.394 e. The molecule has 0 unspecified atom stereocenters. The highest BCUT2D eigenvalue weighted by atomic mass is 16.8. The van der Waals surface area contributed by atoms with Crippen LogP contribution in [-0.4, -0.2) is 348 Å². The van der Waals surface area contributed by atoms with Gasteiger partial charge in [0.15, 0.2) is 44.0 Å².